The Morgan fingerprint density at radius 1 is 1.19 bits per heavy atom. The zero-order valence-electron chi connectivity index (χ0n) is 16.3. The normalized spacial score (nSPS) is 47.5. The molecule has 1 unspecified atom stereocenters. The Labute approximate surface area is 169 Å². The van der Waals surface area contributed by atoms with Crippen molar-refractivity contribution in [2.75, 3.05) is 0 Å². The molecule has 3 saturated carbocycles. The van der Waals surface area contributed by atoms with Crippen LogP contribution in [0.1, 0.15) is 71.6 Å². The summed E-state index contributed by atoms with van der Waals surface area (Å²) in [6, 6.07) is 0. The van der Waals surface area contributed by atoms with Crippen molar-refractivity contribution in [3.05, 3.63) is 11.6 Å². The van der Waals surface area contributed by atoms with Gasteiger partial charge in [-0.3, -0.25) is 9.59 Å². The maximum atomic E-state index is 11.9. The van der Waals surface area contributed by atoms with Crippen LogP contribution in [0.2, 0.25) is 0 Å². The minimum Gasteiger partial charge on any atom is -0.481 e. The van der Waals surface area contributed by atoms with Gasteiger partial charge in [0.25, 0.3) is 0 Å². The standard InChI is InChI=1S/C22H31BrO4/c1-20-8-5-14(24)11-13(20)3-4-15-16(20)6-9-21(2)17(15)7-10-22(21,27)18(23)12-19(25)26/h11,15-18,27H,3-10,12H2,1-2H3,(H,25,26)/t15-,16+,17+,18?,20+,21+,22+/m1/s1. The van der Waals surface area contributed by atoms with Crippen LogP contribution in [0.3, 0.4) is 0 Å². The number of allylic oxidation sites excluding steroid dienone is 1. The van der Waals surface area contributed by atoms with Crippen LogP contribution >= 0.6 is 15.9 Å². The molecule has 0 aliphatic heterocycles. The van der Waals surface area contributed by atoms with Crippen LogP contribution in [0.15, 0.2) is 11.6 Å². The third-order valence-electron chi connectivity index (χ3n) is 9.05. The lowest BCUT2D eigenvalue weighted by atomic mass is 9.46. The van der Waals surface area contributed by atoms with Gasteiger partial charge in [-0.05, 0) is 74.2 Å². The van der Waals surface area contributed by atoms with Crippen LogP contribution in [-0.4, -0.2) is 32.4 Å². The maximum absolute atomic E-state index is 11.9. The fraction of sp³-hybridized carbons (Fsp3) is 0.818. The van der Waals surface area contributed by atoms with Crippen molar-refractivity contribution >= 4 is 27.7 Å². The summed E-state index contributed by atoms with van der Waals surface area (Å²) < 4.78 is 0. The van der Waals surface area contributed by atoms with Gasteiger partial charge in [0.2, 0.25) is 0 Å². The highest BCUT2D eigenvalue weighted by Crippen LogP contribution is 2.68. The van der Waals surface area contributed by atoms with Crippen LogP contribution in [-0.2, 0) is 9.59 Å². The van der Waals surface area contributed by atoms with E-state index < -0.39 is 16.4 Å². The van der Waals surface area contributed by atoms with Gasteiger partial charge in [-0.1, -0.05) is 35.4 Å². The van der Waals surface area contributed by atoms with Gasteiger partial charge < -0.3 is 10.2 Å². The van der Waals surface area contributed by atoms with Crippen LogP contribution in [0.5, 0.6) is 0 Å². The Morgan fingerprint density at radius 2 is 1.89 bits per heavy atom. The van der Waals surface area contributed by atoms with Crippen LogP contribution < -0.4 is 0 Å². The van der Waals surface area contributed by atoms with Crippen LogP contribution in [0.25, 0.3) is 0 Å². The smallest absolute Gasteiger partial charge is 0.304 e. The number of aliphatic hydroxyl groups is 1. The summed E-state index contributed by atoms with van der Waals surface area (Å²) >= 11 is 3.54. The molecule has 7 atom stereocenters. The van der Waals surface area contributed by atoms with E-state index in [-0.39, 0.29) is 23.0 Å². The lowest BCUT2D eigenvalue weighted by Gasteiger charge is -2.59. The number of rotatable bonds is 3. The van der Waals surface area contributed by atoms with Gasteiger partial charge in [0.15, 0.2) is 5.78 Å². The van der Waals surface area contributed by atoms with Gasteiger partial charge in [-0.2, -0.15) is 0 Å². The van der Waals surface area contributed by atoms with Crippen molar-refractivity contribution in [3.8, 4) is 0 Å². The second-order valence-electron chi connectivity index (χ2n) is 9.95. The molecule has 0 spiro atoms. The molecule has 0 radical (unpaired) electrons. The topological polar surface area (TPSA) is 74.6 Å². The summed E-state index contributed by atoms with van der Waals surface area (Å²) in [6.07, 6.45) is 9.28. The fourth-order valence-electron chi connectivity index (χ4n) is 7.45. The number of carbonyl (C=O) groups is 2. The van der Waals surface area contributed by atoms with E-state index in [2.05, 4.69) is 29.8 Å². The Hall–Kier alpha value is -0.680. The molecule has 0 heterocycles. The Morgan fingerprint density at radius 3 is 2.59 bits per heavy atom. The van der Waals surface area contributed by atoms with Crippen molar-refractivity contribution in [3.63, 3.8) is 0 Å². The third-order valence-corrected chi connectivity index (χ3v) is 10.1. The number of carbonyl (C=O) groups excluding carboxylic acids is 1. The molecule has 4 nitrogen and oxygen atoms in total. The molecule has 3 fully saturated rings. The molecule has 0 bridgehead atoms. The maximum Gasteiger partial charge on any atom is 0.304 e. The molecule has 27 heavy (non-hydrogen) atoms. The summed E-state index contributed by atoms with van der Waals surface area (Å²) in [5.74, 6) is 1.01. The average Bonchev–Trinajstić information content (AvgIpc) is 2.88. The van der Waals surface area contributed by atoms with Crippen LogP contribution in [0, 0.1) is 28.6 Å². The Bertz CT molecular complexity index is 702. The summed E-state index contributed by atoms with van der Waals surface area (Å²) in [4.78, 5) is 22.8. The number of carboxylic acids is 1. The number of alkyl halides is 1. The highest BCUT2D eigenvalue weighted by molar-refractivity contribution is 9.09. The highest BCUT2D eigenvalue weighted by Gasteiger charge is 2.65. The van der Waals surface area contributed by atoms with E-state index in [1.54, 1.807) is 0 Å². The van der Waals surface area contributed by atoms with E-state index in [0.29, 0.717) is 30.6 Å². The second kappa shape index (κ2) is 6.41. The van der Waals surface area contributed by atoms with Gasteiger partial charge in [0, 0.05) is 11.8 Å². The predicted octanol–water partition coefficient (Wildman–Crippen LogP) is 4.49. The van der Waals surface area contributed by atoms with Crippen molar-refractivity contribution in [1.82, 2.24) is 0 Å². The van der Waals surface area contributed by atoms with Crippen molar-refractivity contribution < 1.29 is 19.8 Å². The summed E-state index contributed by atoms with van der Waals surface area (Å²) in [6.45, 7) is 4.57. The number of aliphatic carboxylic acids is 1. The zero-order chi connectivity index (χ0) is 19.6. The monoisotopic (exact) mass is 438 g/mol. The zero-order valence-corrected chi connectivity index (χ0v) is 17.9. The fourth-order valence-corrected chi connectivity index (χ4v) is 8.48. The van der Waals surface area contributed by atoms with Crippen LogP contribution in [0.4, 0.5) is 0 Å². The first kappa shape index (κ1) is 19.6. The van der Waals surface area contributed by atoms with Crippen molar-refractivity contribution in [2.24, 2.45) is 28.6 Å². The number of hydrogen-bond donors (Lipinski definition) is 2. The molecule has 150 valence electrons. The number of fused-ring (bicyclic) bond motifs is 5. The molecule has 0 aromatic carbocycles. The van der Waals surface area contributed by atoms with Gasteiger partial charge >= 0.3 is 5.97 Å². The largest absolute Gasteiger partial charge is 0.481 e. The molecule has 0 amide bonds. The first-order valence-electron chi connectivity index (χ1n) is 10.4. The molecule has 4 aliphatic rings. The molecule has 0 aromatic rings. The van der Waals surface area contributed by atoms with E-state index in [9.17, 15) is 19.8 Å². The van der Waals surface area contributed by atoms with Crippen molar-refractivity contribution in [2.45, 2.75) is 82.1 Å². The SMILES string of the molecule is C[C@]12CCC(=O)C=C1CC[C@@H]1[C@@H]2CC[C@@]2(C)[C@H]1CC[C@]2(O)C(Br)CC(=O)O. The minimum absolute atomic E-state index is 0.0420. The van der Waals surface area contributed by atoms with E-state index in [4.69, 9.17) is 0 Å². The predicted molar refractivity (Wildman–Crippen MR) is 107 cm³/mol. The van der Waals surface area contributed by atoms with Crippen molar-refractivity contribution in [1.29, 1.82) is 0 Å². The first-order valence-corrected chi connectivity index (χ1v) is 11.4. The second-order valence-corrected chi connectivity index (χ2v) is 11.1. The third kappa shape index (κ3) is 2.71. The molecule has 4 rings (SSSR count). The lowest BCUT2D eigenvalue weighted by molar-refractivity contribution is -0.145. The summed E-state index contributed by atoms with van der Waals surface area (Å²) in [7, 11) is 0. The molecule has 2 N–H and O–H groups in total. The summed E-state index contributed by atoms with van der Waals surface area (Å²) in [5, 5.41) is 20.9. The number of ketones is 1. The molecule has 4 aliphatic carbocycles. The number of hydrogen-bond acceptors (Lipinski definition) is 3. The molecular weight excluding hydrogens is 408 g/mol. The Balaban J connectivity index is 1.64. The van der Waals surface area contributed by atoms with E-state index in [0.717, 1.165) is 38.5 Å². The molecule has 5 heteroatoms. The Kier molecular flexibility index (Phi) is 4.66. The van der Waals surface area contributed by atoms with Gasteiger partial charge in [-0.25, -0.2) is 0 Å². The average molecular weight is 439 g/mol. The lowest BCUT2D eigenvalue weighted by Crippen LogP contribution is -2.57. The van der Waals surface area contributed by atoms with Gasteiger partial charge in [0.05, 0.1) is 16.8 Å². The quantitative estimate of drug-likeness (QED) is 0.636. The highest BCUT2D eigenvalue weighted by atomic mass is 79.9. The summed E-state index contributed by atoms with van der Waals surface area (Å²) in [5.41, 5.74) is 0.301. The minimum atomic E-state index is -0.958. The van der Waals surface area contributed by atoms with E-state index in [1.807, 2.05) is 6.08 Å². The molecule has 0 saturated heterocycles. The number of carboxylic acid groups (broad SMARTS) is 1. The molecular formula is C22H31BrO4. The molecule has 0 aromatic heterocycles. The number of halogens is 1. The van der Waals surface area contributed by atoms with E-state index in [1.165, 1.54) is 5.57 Å². The first-order chi connectivity index (χ1) is 12.6. The van der Waals surface area contributed by atoms with Gasteiger partial charge in [-0.15, -0.1) is 0 Å². The van der Waals surface area contributed by atoms with E-state index >= 15 is 0 Å². The van der Waals surface area contributed by atoms with Gasteiger partial charge in [0.1, 0.15) is 0 Å².